The standard InChI is InChI=1S/C14H27NO/c1-2-14(11-7-8-11)15-9-12-5-3-4-6-13(12)10-16/h11-16H,2-10H2,1H3. The van der Waals surface area contributed by atoms with E-state index in [2.05, 4.69) is 12.2 Å². The lowest BCUT2D eigenvalue weighted by Gasteiger charge is -2.31. The van der Waals surface area contributed by atoms with Gasteiger partial charge in [0.25, 0.3) is 0 Å². The normalized spacial score (nSPS) is 32.6. The third kappa shape index (κ3) is 3.21. The Labute approximate surface area is 99.8 Å². The van der Waals surface area contributed by atoms with Crippen LogP contribution in [0.25, 0.3) is 0 Å². The van der Waals surface area contributed by atoms with E-state index < -0.39 is 0 Å². The topological polar surface area (TPSA) is 32.3 Å². The second kappa shape index (κ2) is 6.02. The molecule has 0 heterocycles. The quantitative estimate of drug-likeness (QED) is 0.728. The van der Waals surface area contributed by atoms with E-state index in [0.717, 1.165) is 24.4 Å². The summed E-state index contributed by atoms with van der Waals surface area (Å²) in [6.07, 6.45) is 9.37. The van der Waals surface area contributed by atoms with Crippen molar-refractivity contribution in [3.63, 3.8) is 0 Å². The van der Waals surface area contributed by atoms with Crippen molar-refractivity contribution in [1.82, 2.24) is 5.32 Å². The van der Waals surface area contributed by atoms with Gasteiger partial charge in [-0.1, -0.05) is 19.8 Å². The van der Waals surface area contributed by atoms with Crippen molar-refractivity contribution in [2.45, 2.75) is 57.9 Å². The van der Waals surface area contributed by atoms with Crippen molar-refractivity contribution in [2.75, 3.05) is 13.2 Å². The molecule has 0 bridgehead atoms. The summed E-state index contributed by atoms with van der Waals surface area (Å²) in [4.78, 5) is 0. The maximum absolute atomic E-state index is 9.38. The van der Waals surface area contributed by atoms with Gasteiger partial charge in [-0.2, -0.15) is 0 Å². The fraction of sp³-hybridized carbons (Fsp3) is 1.00. The Morgan fingerprint density at radius 2 is 1.81 bits per heavy atom. The van der Waals surface area contributed by atoms with E-state index in [4.69, 9.17) is 0 Å². The first-order valence-electron chi connectivity index (χ1n) is 7.19. The summed E-state index contributed by atoms with van der Waals surface area (Å²) < 4.78 is 0. The zero-order valence-corrected chi connectivity index (χ0v) is 10.6. The third-order valence-electron chi connectivity index (χ3n) is 4.57. The first kappa shape index (κ1) is 12.4. The molecule has 2 saturated carbocycles. The van der Waals surface area contributed by atoms with Crippen molar-refractivity contribution in [3.8, 4) is 0 Å². The van der Waals surface area contributed by atoms with Crippen LogP contribution in [0.5, 0.6) is 0 Å². The lowest BCUT2D eigenvalue weighted by atomic mass is 9.79. The van der Waals surface area contributed by atoms with Crippen LogP contribution in [-0.2, 0) is 0 Å². The van der Waals surface area contributed by atoms with Crippen LogP contribution in [0.1, 0.15) is 51.9 Å². The van der Waals surface area contributed by atoms with Gasteiger partial charge in [0.05, 0.1) is 0 Å². The van der Waals surface area contributed by atoms with Crippen LogP contribution in [0.4, 0.5) is 0 Å². The van der Waals surface area contributed by atoms with Gasteiger partial charge < -0.3 is 10.4 Å². The number of hydrogen-bond donors (Lipinski definition) is 2. The molecule has 0 radical (unpaired) electrons. The van der Waals surface area contributed by atoms with Crippen molar-refractivity contribution in [3.05, 3.63) is 0 Å². The summed E-state index contributed by atoms with van der Waals surface area (Å²) >= 11 is 0. The molecule has 2 fully saturated rings. The van der Waals surface area contributed by atoms with E-state index in [9.17, 15) is 5.11 Å². The van der Waals surface area contributed by atoms with E-state index in [0.29, 0.717) is 12.5 Å². The first-order chi connectivity index (χ1) is 7.85. The van der Waals surface area contributed by atoms with Gasteiger partial charge in [-0.05, 0) is 56.4 Å². The van der Waals surface area contributed by atoms with Crippen molar-refractivity contribution in [2.24, 2.45) is 17.8 Å². The number of rotatable bonds is 6. The minimum Gasteiger partial charge on any atom is -0.396 e. The average Bonchev–Trinajstić information content (AvgIpc) is 3.15. The van der Waals surface area contributed by atoms with Crippen LogP contribution in [-0.4, -0.2) is 24.3 Å². The molecule has 94 valence electrons. The van der Waals surface area contributed by atoms with Crippen LogP contribution in [0.2, 0.25) is 0 Å². The van der Waals surface area contributed by atoms with Gasteiger partial charge in [0.15, 0.2) is 0 Å². The fourth-order valence-electron chi connectivity index (χ4n) is 3.24. The summed E-state index contributed by atoms with van der Waals surface area (Å²) in [5.41, 5.74) is 0. The Morgan fingerprint density at radius 3 is 2.38 bits per heavy atom. The van der Waals surface area contributed by atoms with Gasteiger partial charge >= 0.3 is 0 Å². The molecule has 0 aliphatic heterocycles. The minimum atomic E-state index is 0.395. The largest absolute Gasteiger partial charge is 0.396 e. The van der Waals surface area contributed by atoms with Gasteiger partial charge in [0, 0.05) is 12.6 Å². The smallest absolute Gasteiger partial charge is 0.0462 e. The summed E-state index contributed by atoms with van der Waals surface area (Å²) in [6.45, 7) is 3.83. The maximum Gasteiger partial charge on any atom is 0.0462 e. The van der Waals surface area contributed by atoms with E-state index in [1.165, 1.54) is 44.9 Å². The van der Waals surface area contributed by atoms with Crippen molar-refractivity contribution in [1.29, 1.82) is 0 Å². The highest BCUT2D eigenvalue weighted by molar-refractivity contribution is 4.87. The molecule has 0 spiro atoms. The van der Waals surface area contributed by atoms with E-state index in [-0.39, 0.29) is 0 Å². The molecule has 3 unspecified atom stereocenters. The highest BCUT2D eigenvalue weighted by atomic mass is 16.3. The van der Waals surface area contributed by atoms with Crippen LogP contribution >= 0.6 is 0 Å². The summed E-state index contributed by atoms with van der Waals surface area (Å²) in [5.74, 6) is 2.26. The number of aliphatic hydroxyl groups excluding tert-OH is 1. The van der Waals surface area contributed by atoms with E-state index in [1.807, 2.05) is 0 Å². The van der Waals surface area contributed by atoms with Crippen LogP contribution in [0.15, 0.2) is 0 Å². The Bertz CT molecular complexity index is 203. The zero-order chi connectivity index (χ0) is 11.4. The molecule has 16 heavy (non-hydrogen) atoms. The summed E-state index contributed by atoms with van der Waals surface area (Å²) in [5, 5.41) is 13.1. The Balaban J connectivity index is 1.73. The molecule has 0 aromatic rings. The molecule has 2 rings (SSSR count). The molecule has 0 amide bonds. The van der Waals surface area contributed by atoms with Gasteiger partial charge in [0.1, 0.15) is 0 Å². The van der Waals surface area contributed by atoms with Crippen LogP contribution in [0, 0.1) is 17.8 Å². The van der Waals surface area contributed by atoms with E-state index >= 15 is 0 Å². The van der Waals surface area contributed by atoms with Crippen LogP contribution < -0.4 is 5.32 Å². The van der Waals surface area contributed by atoms with Crippen LogP contribution in [0.3, 0.4) is 0 Å². The predicted octanol–water partition coefficient (Wildman–Crippen LogP) is 2.56. The van der Waals surface area contributed by atoms with E-state index in [1.54, 1.807) is 0 Å². The van der Waals surface area contributed by atoms with Crippen molar-refractivity contribution < 1.29 is 5.11 Å². The molecule has 0 aromatic heterocycles. The molecular formula is C14H27NO. The minimum absolute atomic E-state index is 0.395. The average molecular weight is 225 g/mol. The first-order valence-corrected chi connectivity index (χ1v) is 7.19. The Hall–Kier alpha value is -0.0800. The second-order valence-corrected chi connectivity index (χ2v) is 5.75. The lowest BCUT2D eigenvalue weighted by molar-refractivity contribution is 0.130. The number of nitrogens with one attached hydrogen (secondary N) is 1. The predicted molar refractivity (Wildman–Crippen MR) is 67.3 cm³/mol. The highest BCUT2D eigenvalue weighted by Crippen LogP contribution is 2.35. The maximum atomic E-state index is 9.38. The summed E-state index contributed by atoms with van der Waals surface area (Å²) in [7, 11) is 0. The monoisotopic (exact) mass is 225 g/mol. The molecule has 0 aromatic carbocycles. The Morgan fingerprint density at radius 1 is 1.12 bits per heavy atom. The molecule has 2 aliphatic rings. The molecule has 2 nitrogen and oxygen atoms in total. The lowest BCUT2D eigenvalue weighted by Crippen LogP contribution is -2.38. The number of hydrogen-bond acceptors (Lipinski definition) is 2. The highest BCUT2D eigenvalue weighted by Gasteiger charge is 2.31. The second-order valence-electron chi connectivity index (χ2n) is 5.75. The molecule has 0 saturated heterocycles. The van der Waals surface area contributed by atoms with Crippen molar-refractivity contribution >= 4 is 0 Å². The zero-order valence-electron chi connectivity index (χ0n) is 10.6. The Kier molecular flexibility index (Phi) is 4.66. The SMILES string of the molecule is CCC(NCC1CCCCC1CO)C1CC1. The van der Waals surface area contributed by atoms with Gasteiger partial charge in [-0.25, -0.2) is 0 Å². The number of aliphatic hydroxyl groups is 1. The molecular weight excluding hydrogens is 198 g/mol. The summed E-state index contributed by atoms with van der Waals surface area (Å²) in [6, 6.07) is 0.751. The van der Waals surface area contributed by atoms with Gasteiger partial charge in [-0.15, -0.1) is 0 Å². The van der Waals surface area contributed by atoms with Gasteiger partial charge in [0.2, 0.25) is 0 Å². The molecule has 2 heteroatoms. The molecule has 3 atom stereocenters. The fourth-order valence-corrected chi connectivity index (χ4v) is 3.24. The van der Waals surface area contributed by atoms with Gasteiger partial charge in [-0.3, -0.25) is 0 Å². The third-order valence-corrected chi connectivity index (χ3v) is 4.57. The molecule has 2 aliphatic carbocycles. The molecule has 2 N–H and O–H groups in total.